The number of hydrogen-bond donors (Lipinski definition) is 6. The summed E-state index contributed by atoms with van der Waals surface area (Å²) >= 11 is 0. The molecular formula is C38H67O13P. The standard InChI is InChI=1S/C38H67O13P/c1-3-5-7-9-11-13-14-15-16-17-18-19-21-23-25-27-32(40)50-30(28-48-31(39)26-24-22-20-12-10-8-6-4-2)29-49-52(46,47)51-38-36(44)34(42)33(41)35(43)37(38)45/h5,7,11,13,15-16,30,33-38,41-45H,3-4,6,8-10,12,14,17-29H2,1-2H3,(H,46,47)/b7-5-,13-11-,16-15-. The highest BCUT2D eigenvalue weighted by atomic mass is 31.2. The molecule has 302 valence electrons. The summed E-state index contributed by atoms with van der Waals surface area (Å²) in [5, 5.41) is 49.9. The van der Waals surface area contributed by atoms with Gasteiger partial charge in [-0.2, -0.15) is 0 Å². The molecule has 0 heterocycles. The van der Waals surface area contributed by atoms with Crippen LogP contribution in [0.25, 0.3) is 0 Å². The molecule has 0 radical (unpaired) electrons. The van der Waals surface area contributed by atoms with Gasteiger partial charge in [-0.25, -0.2) is 4.57 Å². The van der Waals surface area contributed by atoms with Gasteiger partial charge in [0.2, 0.25) is 0 Å². The van der Waals surface area contributed by atoms with Crippen molar-refractivity contribution in [1.29, 1.82) is 0 Å². The molecule has 0 aromatic rings. The zero-order chi connectivity index (χ0) is 38.6. The normalized spacial score (nSPS) is 24.1. The molecule has 1 fully saturated rings. The summed E-state index contributed by atoms with van der Waals surface area (Å²) in [6.07, 6.45) is 16.7. The van der Waals surface area contributed by atoms with Crippen molar-refractivity contribution in [3.8, 4) is 0 Å². The summed E-state index contributed by atoms with van der Waals surface area (Å²) in [5.41, 5.74) is 0. The molecule has 6 atom stereocenters. The van der Waals surface area contributed by atoms with Gasteiger partial charge < -0.3 is 39.9 Å². The number of aliphatic hydroxyl groups is 5. The van der Waals surface area contributed by atoms with E-state index >= 15 is 0 Å². The summed E-state index contributed by atoms with van der Waals surface area (Å²) in [4.78, 5) is 35.3. The number of ether oxygens (including phenoxy) is 2. The Labute approximate surface area is 310 Å². The summed E-state index contributed by atoms with van der Waals surface area (Å²) in [6.45, 7) is 3.09. The molecule has 14 heteroatoms. The first-order chi connectivity index (χ1) is 24.9. The summed E-state index contributed by atoms with van der Waals surface area (Å²) < 4.78 is 33.2. The van der Waals surface area contributed by atoms with Crippen molar-refractivity contribution in [2.75, 3.05) is 13.2 Å². The third-order valence-corrected chi connectivity index (χ3v) is 9.73. The molecule has 0 bridgehead atoms. The van der Waals surface area contributed by atoms with Crippen LogP contribution < -0.4 is 0 Å². The molecule has 1 aliphatic rings. The Balaban J connectivity index is 2.55. The second-order valence-corrected chi connectivity index (χ2v) is 14.8. The number of rotatable bonds is 30. The number of hydrogen-bond acceptors (Lipinski definition) is 12. The third-order valence-electron chi connectivity index (χ3n) is 8.75. The molecule has 1 saturated carbocycles. The van der Waals surface area contributed by atoms with E-state index in [4.69, 9.17) is 18.5 Å². The van der Waals surface area contributed by atoms with Gasteiger partial charge in [0.25, 0.3) is 0 Å². The third kappa shape index (κ3) is 22.3. The Morgan fingerprint density at radius 2 is 1.10 bits per heavy atom. The number of carbonyl (C=O) groups is 2. The van der Waals surface area contributed by atoms with E-state index in [9.17, 15) is 44.6 Å². The highest BCUT2D eigenvalue weighted by Gasteiger charge is 2.51. The van der Waals surface area contributed by atoms with Crippen molar-refractivity contribution in [2.45, 2.75) is 179 Å². The molecule has 0 aliphatic heterocycles. The Morgan fingerprint density at radius 3 is 1.67 bits per heavy atom. The van der Waals surface area contributed by atoms with Crippen LogP contribution in [0.15, 0.2) is 36.5 Å². The van der Waals surface area contributed by atoms with Gasteiger partial charge in [0.1, 0.15) is 43.2 Å². The molecule has 1 rings (SSSR count). The van der Waals surface area contributed by atoms with Gasteiger partial charge in [0, 0.05) is 12.8 Å². The fourth-order valence-electron chi connectivity index (χ4n) is 5.59. The molecule has 0 saturated heterocycles. The van der Waals surface area contributed by atoms with Gasteiger partial charge in [-0.15, -0.1) is 0 Å². The smallest absolute Gasteiger partial charge is 0.462 e. The van der Waals surface area contributed by atoms with Gasteiger partial charge >= 0.3 is 19.8 Å². The Morgan fingerprint density at radius 1 is 0.615 bits per heavy atom. The maximum Gasteiger partial charge on any atom is 0.472 e. The molecule has 0 aromatic heterocycles. The van der Waals surface area contributed by atoms with Crippen molar-refractivity contribution in [3.05, 3.63) is 36.5 Å². The number of phosphoric ester groups is 1. The molecule has 6 N–H and O–H groups in total. The molecule has 1 aliphatic carbocycles. The average Bonchev–Trinajstić information content (AvgIpc) is 3.12. The van der Waals surface area contributed by atoms with E-state index < -0.39 is 75.7 Å². The SMILES string of the molecule is CC/C=C\C/C=C\C/C=C\CCCCCCCC(=O)OC(COC(=O)CCCCCCCCCC)COP(=O)(O)OC1C(O)C(O)C(O)C(O)C1O. The quantitative estimate of drug-likeness (QED) is 0.0219. The van der Waals surface area contributed by atoms with Crippen molar-refractivity contribution in [1.82, 2.24) is 0 Å². The molecule has 0 amide bonds. The monoisotopic (exact) mass is 762 g/mol. The minimum absolute atomic E-state index is 0.0776. The van der Waals surface area contributed by atoms with Crippen LogP contribution in [0.5, 0.6) is 0 Å². The number of esters is 2. The Bertz CT molecular complexity index is 1070. The van der Waals surface area contributed by atoms with E-state index in [1.165, 1.54) is 25.7 Å². The maximum absolute atomic E-state index is 12.7. The minimum Gasteiger partial charge on any atom is -0.462 e. The van der Waals surface area contributed by atoms with E-state index in [0.29, 0.717) is 12.8 Å². The highest BCUT2D eigenvalue weighted by molar-refractivity contribution is 7.47. The molecule has 6 unspecified atom stereocenters. The predicted octanol–water partition coefficient (Wildman–Crippen LogP) is 5.88. The van der Waals surface area contributed by atoms with Gasteiger partial charge in [-0.1, -0.05) is 115 Å². The molecular weight excluding hydrogens is 695 g/mol. The van der Waals surface area contributed by atoms with Gasteiger partial charge in [-0.3, -0.25) is 18.6 Å². The molecule has 0 spiro atoms. The lowest BCUT2D eigenvalue weighted by Crippen LogP contribution is -2.64. The minimum atomic E-state index is -5.11. The molecule has 52 heavy (non-hydrogen) atoms. The fourth-order valence-corrected chi connectivity index (χ4v) is 6.57. The molecule has 0 aromatic carbocycles. The topological polar surface area (TPSA) is 210 Å². The van der Waals surface area contributed by atoms with Crippen LogP contribution in [-0.4, -0.2) is 98.3 Å². The van der Waals surface area contributed by atoms with Crippen LogP contribution in [0, 0.1) is 0 Å². The van der Waals surface area contributed by atoms with Gasteiger partial charge in [-0.05, 0) is 44.9 Å². The summed E-state index contributed by atoms with van der Waals surface area (Å²) in [6, 6.07) is 0. The Kier molecular flexibility index (Phi) is 27.2. The number of phosphoric acid groups is 1. The molecule has 13 nitrogen and oxygen atoms in total. The van der Waals surface area contributed by atoms with Crippen LogP contribution >= 0.6 is 7.82 Å². The average molecular weight is 763 g/mol. The lowest BCUT2D eigenvalue weighted by atomic mass is 9.85. The lowest BCUT2D eigenvalue weighted by molar-refractivity contribution is -0.220. The summed E-state index contributed by atoms with van der Waals surface area (Å²) in [5.74, 6) is -1.13. The van der Waals surface area contributed by atoms with Crippen molar-refractivity contribution in [3.63, 3.8) is 0 Å². The highest BCUT2D eigenvalue weighted by Crippen LogP contribution is 2.47. The fraction of sp³-hybridized carbons (Fsp3) is 0.789. The first kappa shape index (κ1) is 48.1. The van der Waals surface area contributed by atoms with Crippen molar-refractivity contribution >= 4 is 19.8 Å². The first-order valence-electron chi connectivity index (χ1n) is 19.3. The number of unbranched alkanes of at least 4 members (excludes halogenated alkanes) is 12. The second kappa shape index (κ2) is 29.4. The van der Waals surface area contributed by atoms with Crippen LogP contribution in [0.4, 0.5) is 0 Å². The van der Waals surface area contributed by atoms with Crippen LogP contribution in [-0.2, 0) is 32.7 Å². The van der Waals surface area contributed by atoms with E-state index in [1.807, 2.05) is 0 Å². The van der Waals surface area contributed by atoms with Crippen molar-refractivity contribution < 1.29 is 63.1 Å². The maximum atomic E-state index is 12.7. The zero-order valence-electron chi connectivity index (χ0n) is 31.3. The predicted molar refractivity (Wildman–Crippen MR) is 198 cm³/mol. The second-order valence-electron chi connectivity index (χ2n) is 13.4. The van der Waals surface area contributed by atoms with E-state index in [2.05, 4.69) is 50.3 Å². The van der Waals surface area contributed by atoms with Crippen LogP contribution in [0.1, 0.15) is 136 Å². The van der Waals surface area contributed by atoms with E-state index in [-0.39, 0.29) is 12.8 Å². The largest absolute Gasteiger partial charge is 0.472 e. The van der Waals surface area contributed by atoms with Crippen LogP contribution in [0.3, 0.4) is 0 Å². The van der Waals surface area contributed by atoms with E-state index in [1.54, 1.807) is 0 Å². The zero-order valence-corrected chi connectivity index (χ0v) is 32.2. The number of aliphatic hydroxyl groups excluding tert-OH is 5. The lowest BCUT2D eigenvalue weighted by Gasteiger charge is -2.41. The number of allylic oxidation sites excluding steroid dienone is 6. The number of carbonyl (C=O) groups excluding carboxylic acids is 2. The summed E-state index contributed by atoms with van der Waals surface area (Å²) in [7, 11) is -5.11. The van der Waals surface area contributed by atoms with Gasteiger partial charge in [0.15, 0.2) is 6.10 Å². The first-order valence-corrected chi connectivity index (χ1v) is 20.8. The van der Waals surface area contributed by atoms with Gasteiger partial charge in [0.05, 0.1) is 6.61 Å². The van der Waals surface area contributed by atoms with E-state index in [0.717, 1.165) is 70.6 Å². The Hall–Kier alpha value is -1.93. The van der Waals surface area contributed by atoms with Crippen LogP contribution in [0.2, 0.25) is 0 Å². The van der Waals surface area contributed by atoms with Crippen molar-refractivity contribution in [2.24, 2.45) is 0 Å².